The van der Waals surface area contributed by atoms with E-state index in [2.05, 4.69) is 15.2 Å². The summed E-state index contributed by atoms with van der Waals surface area (Å²) >= 11 is 1.48. The van der Waals surface area contributed by atoms with E-state index in [1.54, 1.807) is 19.2 Å². The highest BCUT2D eigenvalue weighted by Gasteiger charge is 2.13. The zero-order valence-corrected chi connectivity index (χ0v) is 14.5. The predicted octanol–water partition coefficient (Wildman–Crippen LogP) is 3.96. The molecule has 0 saturated carbocycles. The zero-order valence-electron chi connectivity index (χ0n) is 13.7. The van der Waals surface area contributed by atoms with Gasteiger partial charge in [-0.05, 0) is 35.9 Å². The SMILES string of the molecule is COc1ccc2c(c1)c1nnc(SCc3ccc(F)cc3)nc1n2C. The van der Waals surface area contributed by atoms with Crippen molar-refractivity contribution < 1.29 is 9.13 Å². The number of aromatic nitrogens is 4. The van der Waals surface area contributed by atoms with Crippen molar-refractivity contribution in [3.05, 3.63) is 53.8 Å². The minimum Gasteiger partial charge on any atom is -0.497 e. The van der Waals surface area contributed by atoms with Crippen LogP contribution in [0.5, 0.6) is 5.75 Å². The van der Waals surface area contributed by atoms with E-state index in [9.17, 15) is 4.39 Å². The molecule has 0 aliphatic carbocycles. The second-order valence-corrected chi connectivity index (χ2v) is 6.57. The highest BCUT2D eigenvalue weighted by molar-refractivity contribution is 7.98. The van der Waals surface area contributed by atoms with E-state index in [0.717, 1.165) is 33.4 Å². The van der Waals surface area contributed by atoms with Gasteiger partial charge in [-0.15, -0.1) is 10.2 Å². The Labute approximate surface area is 147 Å². The Hall–Kier alpha value is -2.67. The number of rotatable bonds is 4. The molecule has 25 heavy (non-hydrogen) atoms. The molecular formula is C18H15FN4OS. The van der Waals surface area contributed by atoms with E-state index in [1.807, 2.05) is 29.8 Å². The second kappa shape index (κ2) is 6.33. The quantitative estimate of drug-likeness (QED) is 0.519. The third-order valence-electron chi connectivity index (χ3n) is 4.07. The molecule has 0 unspecified atom stereocenters. The maximum absolute atomic E-state index is 13.0. The van der Waals surface area contributed by atoms with Crippen molar-refractivity contribution in [1.82, 2.24) is 19.7 Å². The normalized spacial score (nSPS) is 11.3. The highest BCUT2D eigenvalue weighted by atomic mass is 32.2. The van der Waals surface area contributed by atoms with Gasteiger partial charge in [0.25, 0.3) is 0 Å². The summed E-state index contributed by atoms with van der Waals surface area (Å²) in [4.78, 5) is 4.64. The summed E-state index contributed by atoms with van der Waals surface area (Å²) in [6.07, 6.45) is 0. The zero-order chi connectivity index (χ0) is 17.4. The summed E-state index contributed by atoms with van der Waals surface area (Å²) in [5.41, 5.74) is 3.57. The molecule has 0 aliphatic rings. The third kappa shape index (κ3) is 2.91. The number of benzene rings is 2. The molecule has 0 atom stereocenters. The van der Waals surface area contributed by atoms with Crippen molar-refractivity contribution >= 4 is 33.8 Å². The molecule has 0 bridgehead atoms. The van der Waals surface area contributed by atoms with Crippen LogP contribution in [-0.4, -0.2) is 26.9 Å². The molecule has 4 rings (SSSR count). The van der Waals surface area contributed by atoms with E-state index in [-0.39, 0.29) is 5.82 Å². The summed E-state index contributed by atoms with van der Waals surface area (Å²) in [5, 5.41) is 10.2. The summed E-state index contributed by atoms with van der Waals surface area (Å²) in [6.45, 7) is 0. The molecule has 4 aromatic rings. The van der Waals surface area contributed by atoms with Gasteiger partial charge in [-0.1, -0.05) is 23.9 Å². The van der Waals surface area contributed by atoms with Crippen LogP contribution in [-0.2, 0) is 12.8 Å². The summed E-state index contributed by atoms with van der Waals surface area (Å²) in [5.74, 6) is 1.20. The van der Waals surface area contributed by atoms with E-state index >= 15 is 0 Å². The molecule has 2 aromatic carbocycles. The lowest BCUT2D eigenvalue weighted by atomic mass is 10.2. The molecule has 0 aliphatic heterocycles. The Balaban J connectivity index is 1.68. The Morgan fingerprint density at radius 2 is 1.92 bits per heavy atom. The first-order valence-corrected chi connectivity index (χ1v) is 8.68. The average molecular weight is 354 g/mol. The van der Waals surface area contributed by atoms with Crippen molar-refractivity contribution in [3.8, 4) is 5.75 Å². The Bertz CT molecular complexity index is 1060. The summed E-state index contributed by atoms with van der Waals surface area (Å²) < 4.78 is 20.3. The lowest BCUT2D eigenvalue weighted by molar-refractivity contribution is 0.415. The third-order valence-corrected chi connectivity index (χ3v) is 4.98. The molecule has 0 radical (unpaired) electrons. The van der Waals surface area contributed by atoms with Crippen molar-refractivity contribution in [1.29, 1.82) is 0 Å². The largest absolute Gasteiger partial charge is 0.497 e. The van der Waals surface area contributed by atoms with Crippen molar-refractivity contribution in [2.24, 2.45) is 7.05 Å². The molecular weight excluding hydrogens is 339 g/mol. The number of hydrogen-bond donors (Lipinski definition) is 0. The number of thioether (sulfide) groups is 1. The first-order valence-electron chi connectivity index (χ1n) is 7.70. The van der Waals surface area contributed by atoms with Crippen LogP contribution in [0.25, 0.3) is 22.1 Å². The van der Waals surface area contributed by atoms with E-state index < -0.39 is 0 Å². The van der Waals surface area contributed by atoms with E-state index in [1.165, 1.54) is 23.9 Å². The summed E-state index contributed by atoms with van der Waals surface area (Å²) in [6, 6.07) is 12.3. The fourth-order valence-electron chi connectivity index (χ4n) is 2.74. The van der Waals surface area contributed by atoms with Crippen LogP contribution in [0, 0.1) is 5.82 Å². The molecule has 5 nitrogen and oxygen atoms in total. The predicted molar refractivity (Wildman–Crippen MR) is 96.3 cm³/mol. The van der Waals surface area contributed by atoms with Gasteiger partial charge in [0.05, 0.1) is 12.6 Å². The lowest BCUT2D eigenvalue weighted by Gasteiger charge is -2.01. The van der Waals surface area contributed by atoms with Crippen LogP contribution in [0.4, 0.5) is 4.39 Å². The van der Waals surface area contributed by atoms with Gasteiger partial charge in [0.1, 0.15) is 17.1 Å². The van der Waals surface area contributed by atoms with Gasteiger partial charge >= 0.3 is 0 Å². The van der Waals surface area contributed by atoms with Gasteiger partial charge in [0.15, 0.2) is 5.65 Å². The van der Waals surface area contributed by atoms with E-state index in [0.29, 0.717) is 10.9 Å². The summed E-state index contributed by atoms with van der Waals surface area (Å²) in [7, 11) is 3.60. The van der Waals surface area contributed by atoms with Crippen molar-refractivity contribution in [2.45, 2.75) is 10.9 Å². The van der Waals surface area contributed by atoms with E-state index in [4.69, 9.17) is 4.74 Å². The van der Waals surface area contributed by atoms with Crippen molar-refractivity contribution in [3.63, 3.8) is 0 Å². The number of halogens is 1. The Morgan fingerprint density at radius 3 is 2.68 bits per heavy atom. The van der Waals surface area contributed by atoms with Gasteiger partial charge in [-0.2, -0.15) is 0 Å². The molecule has 0 N–H and O–H groups in total. The topological polar surface area (TPSA) is 52.8 Å². The molecule has 0 fully saturated rings. The molecule has 2 aromatic heterocycles. The smallest absolute Gasteiger partial charge is 0.211 e. The lowest BCUT2D eigenvalue weighted by Crippen LogP contribution is -1.95. The standard InChI is InChI=1S/C18H15FN4OS/c1-23-15-8-7-13(24-2)9-14(15)16-17(23)20-18(22-21-16)25-10-11-3-5-12(19)6-4-11/h3-9H,10H2,1-2H3. The highest BCUT2D eigenvalue weighted by Crippen LogP contribution is 2.29. The first kappa shape index (κ1) is 15.8. The number of nitrogens with zero attached hydrogens (tertiary/aromatic N) is 4. The first-order chi connectivity index (χ1) is 12.2. The van der Waals surface area contributed by atoms with Crippen LogP contribution >= 0.6 is 11.8 Å². The fraction of sp³-hybridized carbons (Fsp3) is 0.167. The van der Waals surface area contributed by atoms with Crippen LogP contribution in [0.15, 0.2) is 47.6 Å². The fourth-order valence-corrected chi connectivity index (χ4v) is 3.48. The molecule has 2 heterocycles. The van der Waals surface area contributed by atoms with Crippen LogP contribution in [0.2, 0.25) is 0 Å². The van der Waals surface area contributed by atoms with Crippen LogP contribution in [0.3, 0.4) is 0 Å². The van der Waals surface area contributed by atoms with Crippen molar-refractivity contribution in [2.75, 3.05) is 7.11 Å². The monoisotopic (exact) mass is 354 g/mol. The molecule has 0 saturated heterocycles. The minimum atomic E-state index is -0.237. The maximum atomic E-state index is 13.0. The second-order valence-electron chi connectivity index (χ2n) is 5.62. The number of fused-ring (bicyclic) bond motifs is 3. The molecule has 0 spiro atoms. The van der Waals surface area contributed by atoms with Gasteiger partial charge in [0, 0.05) is 18.2 Å². The number of ether oxygens (including phenoxy) is 1. The minimum absolute atomic E-state index is 0.237. The maximum Gasteiger partial charge on any atom is 0.211 e. The molecule has 0 amide bonds. The van der Waals surface area contributed by atoms with Gasteiger partial charge in [-0.25, -0.2) is 9.37 Å². The van der Waals surface area contributed by atoms with Crippen LogP contribution in [0.1, 0.15) is 5.56 Å². The van der Waals surface area contributed by atoms with Gasteiger partial charge < -0.3 is 9.30 Å². The Morgan fingerprint density at radius 1 is 1.12 bits per heavy atom. The number of hydrogen-bond acceptors (Lipinski definition) is 5. The average Bonchev–Trinajstić information content (AvgIpc) is 2.93. The molecule has 7 heteroatoms. The Kier molecular flexibility index (Phi) is 4.01. The van der Waals surface area contributed by atoms with Gasteiger partial charge in [0.2, 0.25) is 5.16 Å². The van der Waals surface area contributed by atoms with Crippen LogP contribution < -0.4 is 4.74 Å². The van der Waals surface area contributed by atoms with Gasteiger partial charge in [-0.3, -0.25) is 0 Å². The molecule has 126 valence electrons. The number of aryl methyl sites for hydroxylation is 1. The number of methoxy groups -OCH3 is 1.